The number of benzene rings is 1. The number of nitrogens with one attached hydrogen (secondary N) is 1. The van der Waals surface area contributed by atoms with Crippen molar-refractivity contribution in [2.24, 2.45) is 0 Å². The summed E-state index contributed by atoms with van der Waals surface area (Å²) < 4.78 is 0. The molecule has 1 aromatic heterocycles. The highest BCUT2D eigenvalue weighted by molar-refractivity contribution is 5.94. The smallest absolute Gasteiger partial charge is 0.254 e. The van der Waals surface area contributed by atoms with Crippen LogP contribution in [0.4, 0.5) is 5.82 Å². The highest BCUT2D eigenvalue weighted by Gasteiger charge is 2.23. The minimum atomic E-state index is 0.121. The molecule has 2 fully saturated rings. The standard InChI is InChI=1S/C24H32N4O/c29-24(28-16-14-27(15-17-28)19-20-8-4-3-5-9-20)21-12-13-25-23(18-21)26-22-10-6-1-2-7-11-22/h3-5,8-9,12-13,18,22H,1-2,6-7,10-11,14-17,19H2,(H,25,26). The molecule has 29 heavy (non-hydrogen) atoms. The lowest BCUT2D eigenvalue weighted by Crippen LogP contribution is -2.48. The first-order valence-corrected chi connectivity index (χ1v) is 11.1. The van der Waals surface area contributed by atoms with Crippen LogP contribution in [0.25, 0.3) is 0 Å². The molecular weight excluding hydrogens is 360 g/mol. The van der Waals surface area contributed by atoms with Crippen molar-refractivity contribution < 1.29 is 4.79 Å². The maximum atomic E-state index is 13.0. The Kier molecular flexibility index (Phi) is 6.78. The average molecular weight is 393 g/mol. The first-order chi connectivity index (χ1) is 14.3. The van der Waals surface area contributed by atoms with Crippen LogP contribution in [0.2, 0.25) is 0 Å². The van der Waals surface area contributed by atoms with Crippen LogP contribution < -0.4 is 5.32 Å². The number of aromatic nitrogens is 1. The van der Waals surface area contributed by atoms with Crippen molar-refractivity contribution in [3.63, 3.8) is 0 Å². The molecule has 5 nitrogen and oxygen atoms in total. The summed E-state index contributed by atoms with van der Waals surface area (Å²) in [6, 6.07) is 14.8. The SMILES string of the molecule is O=C(c1ccnc(NC2CCCCCC2)c1)N1CCN(Cc2ccccc2)CC1. The molecule has 4 rings (SSSR count). The van der Waals surface area contributed by atoms with E-state index in [1.54, 1.807) is 6.20 Å². The summed E-state index contributed by atoms with van der Waals surface area (Å²) in [7, 11) is 0. The van der Waals surface area contributed by atoms with Crippen molar-refractivity contribution in [3.05, 3.63) is 59.8 Å². The quantitative estimate of drug-likeness (QED) is 0.776. The summed E-state index contributed by atoms with van der Waals surface area (Å²) in [5.41, 5.74) is 2.07. The lowest BCUT2D eigenvalue weighted by molar-refractivity contribution is 0.0628. The Bertz CT molecular complexity index is 778. The minimum absolute atomic E-state index is 0.121. The Morgan fingerprint density at radius 3 is 2.41 bits per heavy atom. The predicted molar refractivity (Wildman–Crippen MR) is 117 cm³/mol. The van der Waals surface area contributed by atoms with E-state index < -0.39 is 0 Å². The van der Waals surface area contributed by atoms with Crippen LogP contribution in [0.1, 0.15) is 54.4 Å². The lowest BCUT2D eigenvalue weighted by Gasteiger charge is -2.34. The number of hydrogen-bond donors (Lipinski definition) is 1. The second-order valence-electron chi connectivity index (χ2n) is 8.32. The van der Waals surface area contributed by atoms with Gasteiger partial charge in [0.05, 0.1) is 0 Å². The molecule has 2 heterocycles. The molecule has 154 valence electrons. The van der Waals surface area contributed by atoms with Crippen LogP contribution in [0.15, 0.2) is 48.7 Å². The maximum absolute atomic E-state index is 13.0. The van der Waals surface area contributed by atoms with Gasteiger partial charge >= 0.3 is 0 Å². The third-order valence-corrected chi connectivity index (χ3v) is 6.12. The second-order valence-corrected chi connectivity index (χ2v) is 8.32. The van der Waals surface area contributed by atoms with Crippen molar-refractivity contribution >= 4 is 11.7 Å². The van der Waals surface area contributed by atoms with Crippen LogP contribution in [0, 0.1) is 0 Å². The first kappa shape index (κ1) is 19.9. The van der Waals surface area contributed by atoms with Crippen molar-refractivity contribution in [3.8, 4) is 0 Å². The fourth-order valence-corrected chi connectivity index (χ4v) is 4.41. The molecule has 5 heteroatoms. The molecule has 2 aliphatic rings. The van der Waals surface area contributed by atoms with Crippen LogP contribution in [0.3, 0.4) is 0 Å². The van der Waals surface area contributed by atoms with Gasteiger partial charge in [0, 0.05) is 50.5 Å². The number of carbonyl (C=O) groups excluding carboxylic acids is 1. The summed E-state index contributed by atoms with van der Waals surface area (Å²) in [6.45, 7) is 4.34. The van der Waals surface area contributed by atoms with Gasteiger partial charge in [-0.15, -0.1) is 0 Å². The van der Waals surface area contributed by atoms with Crippen LogP contribution in [-0.2, 0) is 6.54 Å². The molecule has 1 saturated heterocycles. The second kappa shape index (κ2) is 9.88. The summed E-state index contributed by atoms with van der Waals surface area (Å²) in [5, 5.41) is 3.56. The van der Waals surface area contributed by atoms with Crippen molar-refractivity contribution in [1.82, 2.24) is 14.8 Å². The number of anilines is 1. The fourth-order valence-electron chi connectivity index (χ4n) is 4.41. The van der Waals surface area contributed by atoms with E-state index in [1.165, 1.54) is 44.1 Å². The zero-order chi connectivity index (χ0) is 19.9. The van der Waals surface area contributed by atoms with Crippen molar-refractivity contribution in [2.45, 2.75) is 51.1 Å². The first-order valence-electron chi connectivity index (χ1n) is 11.1. The van der Waals surface area contributed by atoms with Crippen molar-refractivity contribution in [1.29, 1.82) is 0 Å². The van der Waals surface area contributed by atoms with E-state index in [4.69, 9.17) is 0 Å². The summed E-state index contributed by atoms with van der Waals surface area (Å²) >= 11 is 0. The lowest BCUT2D eigenvalue weighted by atomic mass is 10.1. The monoisotopic (exact) mass is 392 g/mol. The van der Waals surface area contributed by atoms with E-state index in [0.717, 1.165) is 44.1 Å². The van der Waals surface area contributed by atoms with Crippen molar-refractivity contribution in [2.75, 3.05) is 31.5 Å². The van der Waals surface area contributed by atoms with E-state index in [-0.39, 0.29) is 5.91 Å². The number of carbonyl (C=O) groups is 1. The highest BCUT2D eigenvalue weighted by Crippen LogP contribution is 2.21. The van der Waals surface area contributed by atoms with E-state index in [0.29, 0.717) is 6.04 Å². The molecule has 0 atom stereocenters. The van der Waals surface area contributed by atoms with E-state index >= 15 is 0 Å². The van der Waals surface area contributed by atoms with Gasteiger partial charge in [0.15, 0.2) is 0 Å². The molecule has 1 aliphatic carbocycles. The molecule has 1 N–H and O–H groups in total. The van der Waals surface area contributed by atoms with E-state index in [9.17, 15) is 4.79 Å². The molecule has 0 radical (unpaired) electrons. The third kappa shape index (κ3) is 5.57. The number of hydrogen-bond acceptors (Lipinski definition) is 4. The Labute approximate surface area is 174 Å². The van der Waals surface area contributed by atoms with Gasteiger partial charge in [-0.2, -0.15) is 0 Å². The summed E-state index contributed by atoms with van der Waals surface area (Å²) in [5.74, 6) is 0.959. The van der Waals surface area contributed by atoms with Gasteiger partial charge in [0.1, 0.15) is 5.82 Å². The Morgan fingerprint density at radius 2 is 1.69 bits per heavy atom. The van der Waals surface area contributed by atoms with Crippen LogP contribution in [0.5, 0.6) is 0 Å². The zero-order valence-corrected chi connectivity index (χ0v) is 17.2. The molecule has 0 unspecified atom stereocenters. The van der Waals surface area contributed by atoms with E-state index in [1.807, 2.05) is 23.1 Å². The van der Waals surface area contributed by atoms with Crippen LogP contribution >= 0.6 is 0 Å². The number of pyridine rings is 1. The molecule has 1 aromatic carbocycles. The maximum Gasteiger partial charge on any atom is 0.254 e. The minimum Gasteiger partial charge on any atom is -0.367 e. The van der Waals surface area contributed by atoms with Gasteiger partial charge in [-0.25, -0.2) is 4.98 Å². The Morgan fingerprint density at radius 1 is 0.966 bits per heavy atom. The van der Waals surface area contributed by atoms with E-state index in [2.05, 4.69) is 39.5 Å². The average Bonchev–Trinajstić information content (AvgIpc) is 3.03. The number of rotatable bonds is 5. The predicted octanol–water partition coefficient (Wildman–Crippen LogP) is 4.17. The highest BCUT2D eigenvalue weighted by atomic mass is 16.2. The number of nitrogens with zero attached hydrogens (tertiary/aromatic N) is 3. The largest absolute Gasteiger partial charge is 0.367 e. The topological polar surface area (TPSA) is 48.5 Å². The Hall–Kier alpha value is -2.40. The molecule has 0 spiro atoms. The number of amides is 1. The third-order valence-electron chi connectivity index (χ3n) is 6.12. The molecule has 1 amide bonds. The fraction of sp³-hybridized carbons (Fsp3) is 0.500. The summed E-state index contributed by atoms with van der Waals surface area (Å²) in [4.78, 5) is 21.9. The van der Waals surface area contributed by atoms with Gasteiger partial charge in [-0.1, -0.05) is 56.0 Å². The van der Waals surface area contributed by atoms with Gasteiger partial charge in [0.2, 0.25) is 0 Å². The molecular formula is C24H32N4O. The normalized spacial score (nSPS) is 19.0. The number of piperazine rings is 1. The van der Waals surface area contributed by atoms with Gasteiger partial charge < -0.3 is 10.2 Å². The zero-order valence-electron chi connectivity index (χ0n) is 17.2. The molecule has 1 aliphatic heterocycles. The summed E-state index contributed by atoms with van der Waals surface area (Å²) in [6.07, 6.45) is 9.39. The molecule has 1 saturated carbocycles. The van der Waals surface area contributed by atoms with Gasteiger partial charge in [0.25, 0.3) is 5.91 Å². The molecule has 0 bridgehead atoms. The molecule has 2 aromatic rings. The Balaban J connectivity index is 1.31. The van der Waals surface area contributed by atoms with Gasteiger partial charge in [-0.3, -0.25) is 9.69 Å². The van der Waals surface area contributed by atoms with Crippen LogP contribution in [-0.4, -0.2) is 52.9 Å². The van der Waals surface area contributed by atoms with Gasteiger partial charge in [-0.05, 0) is 30.5 Å².